The predicted octanol–water partition coefficient (Wildman–Crippen LogP) is 4.64. The van der Waals surface area contributed by atoms with E-state index in [4.69, 9.17) is 11.6 Å². The zero-order chi connectivity index (χ0) is 13.8. The molecule has 1 nitrogen and oxygen atoms in total. The van der Waals surface area contributed by atoms with Crippen molar-refractivity contribution >= 4 is 11.6 Å². The topological polar surface area (TPSA) is 12.0 Å². The molecule has 0 spiro atoms. The second-order valence-electron chi connectivity index (χ2n) is 4.85. The van der Waals surface area contributed by atoms with E-state index in [0.717, 1.165) is 11.1 Å². The third kappa shape index (κ3) is 3.79. The van der Waals surface area contributed by atoms with Gasteiger partial charge >= 0.3 is 0 Å². The lowest BCUT2D eigenvalue weighted by atomic mass is 10.0. The maximum absolute atomic E-state index is 13.7. The Morgan fingerprint density at radius 1 is 1.11 bits per heavy atom. The Balaban J connectivity index is 2.30. The zero-order valence-electron chi connectivity index (χ0n) is 11.1. The highest BCUT2D eigenvalue weighted by molar-refractivity contribution is 6.30. The van der Waals surface area contributed by atoms with Crippen LogP contribution in [0.5, 0.6) is 0 Å². The van der Waals surface area contributed by atoms with Gasteiger partial charge in [-0.05, 0) is 35.4 Å². The van der Waals surface area contributed by atoms with Crippen LogP contribution in [0.3, 0.4) is 0 Å². The summed E-state index contributed by atoms with van der Waals surface area (Å²) < 4.78 is 13.7. The first-order valence-electron chi connectivity index (χ1n) is 6.34. The highest BCUT2D eigenvalue weighted by Crippen LogP contribution is 2.24. The summed E-state index contributed by atoms with van der Waals surface area (Å²) in [5.41, 5.74) is 2.65. The van der Waals surface area contributed by atoms with E-state index in [1.807, 2.05) is 44.2 Å². The Hall–Kier alpha value is -1.38. The lowest BCUT2D eigenvalue weighted by Crippen LogP contribution is -2.22. The Kier molecular flexibility index (Phi) is 4.56. The van der Waals surface area contributed by atoms with Gasteiger partial charge in [-0.3, -0.25) is 0 Å². The average molecular weight is 278 g/mol. The minimum Gasteiger partial charge on any atom is -0.310 e. The van der Waals surface area contributed by atoms with Crippen LogP contribution in [0.15, 0.2) is 42.5 Å². The van der Waals surface area contributed by atoms with Gasteiger partial charge in [-0.1, -0.05) is 43.6 Å². The summed E-state index contributed by atoms with van der Waals surface area (Å²) in [5.74, 6) is -0.182. The van der Waals surface area contributed by atoms with Crippen molar-refractivity contribution in [3.8, 4) is 11.1 Å². The Labute approximate surface area is 118 Å². The molecule has 0 saturated carbocycles. The van der Waals surface area contributed by atoms with Crippen molar-refractivity contribution < 1.29 is 4.39 Å². The van der Waals surface area contributed by atoms with Crippen LogP contribution in [0.1, 0.15) is 19.4 Å². The van der Waals surface area contributed by atoms with Gasteiger partial charge in [0.1, 0.15) is 5.82 Å². The quantitative estimate of drug-likeness (QED) is 0.858. The van der Waals surface area contributed by atoms with Gasteiger partial charge in [0, 0.05) is 23.2 Å². The second-order valence-corrected chi connectivity index (χ2v) is 5.29. The van der Waals surface area contributed by atoms with E-state index in [1.54, 1.807) is 6.07 Å². The van der Waals surface area contributed by atoms with Crippen molar-refractivity contribution in [3.05, 3.63) is 58.9 Å². The minimum absolute atomic E-state index is 0.182. The maximum Gasteiger partial charge on any atom is 0.127 e. The predicted molar refractivity (Wildman–Crippen MR) is 78.8 cm³/mol. The SMILES string of the molecule is CC(C)NCc1cc(-c2cccc(Cl)c2)ccc1F. The fourth-order valence-corrected chi connectivity index (χ4v) is 2.06. The van der Waals surface area contributed by atoms with E-state index in [-0.39, 0.29) is 5.82 Å². The Morgan fingerprint density at radius 3 is 2.53 bits per heavy atom. The molecule has 0 unspecified atom stereocenters. The molecule has 2 aromatic carbocycles. The zero-order valence-corrected chi connectivity index (χ0v) is 11.8. The van der Waals surface area contributed by atoms with Crippen molar-refractivity contribution in [2.75, 3.05) is 0 Å². The van der Waals surface area contributed by atoms with Crippen LogP contribution in [-0.4, -0.2) is 6.04 Å². The standard InChI is InChI=1S/C16H17ClFN/c1-11(2)19-10-14-8-13(6-7-16(14)18)12-4-3-5-15(17)9-12/h3-9,11,19H,10H2,1-2H3. The van der Waals surface area contributed by atoms with Crippen LogP contribution < -0.4 is 5.32 Å². The highest BCUT2D eigenvalue weighted by atomic mass is 35.5. The molecule has 0 amide bonds. The monoisotopic (exact) mass is 277 g/mol. The molecule has 0 heterocycles. The van der Waals surface area contributed by atoms with E-state index in [2.05, 4.69) is 5.32 Å². The molecule has 3 heteroatoms. The van der Waals surface area contributed by atoms with Crippen LogP contribution in [-0.2, 0) is 6.54 Å². The van der Waals surface area contributed by atoms with E-state index >= 15 is 0 Å². The molecule has 0 radical (unpaired) electrons. The summed E-state index contributed by atoms with van der Waals surface area (Å²) in [6.45, 7) is 4.61. The van der Waals surface area contributed by atoms with Gasteiger partial charge < -0.3 is 5.32 Å². The molecule has 0 aliphatic rings. The summed E-state index contributed by atoms with van der Waals surface area (Å²) in [5, 5.41) is 3.91. The molecule has 19 heavy (non-hydrogen) atoms. The van der Waals surface area contributed by atoms with Crippen LogP contribution in [0.25, 0.3) is 11.1 Å². The summed E-state index contributed by atoms with van der Waals surface area (Å²) in [7, 11) is 0. The van der Waals surface area contributed by atoms with Crippen molar-refractivity contribution in [3.63, 3.8) is 0 Å². The van der Waals surface area contributed by atoms with Gasteiger partial charge in [0.25, 0.3) is 0 Å². The molecule has 0 aliphatic carbocycles. The van der Waals surface area contributed by atoms with Crippen molar-refractivity contribution in [2.45, 2.75) is 26.4 Å². The van der Waals surface area contributed by atoms with Crippen LogP contribution in [0.4, 0.5) is 4.39 Å². The van der Waals surface area contributed by atoms with Gasteiger partial charge in [0.05, 0.1) is 0 Å². The van der Waals surface area contributed by atoms with Gasteiger partial charge in [-0.15, -0.1) is 0 Å². The first kappa shape index (κ1) is 14.0. The summed E-state index contributed by atoms with van der Waals surface area (Å²) in [6.07, 6.45) is 0. The third-order valence-electron chi connectivity index (χ3n) is 2.90. The number of nitrogens with one attached hydrogen (secondary N) is 1. The lowest BCUT2D eigenvalue weighted by molar-refractivity contribution is 0.553. The largest absolute Gasteiger partial charge is 0.310 e. The fraction of sp³-hybridized carbons (Fsp3) is 0.250. The van der Waals surface area contributed by atoms with Gasteiger partial charge in [-0.25, -0.2) is 4.39 Å². The van der Waals surface area contributed by atoms with Gasteiger partial charge in [0.15, 0.2) is 0 Å². The van der Waals surface area contributed by atoms with Crippen molar-refractivity contribution in [1.29, 1.82) is 0 Å². The molecule has 0 atom stereocenters. The average Bonchev–Trinajstić information content (AvgIpc) is 2.37. The minimum atomic E-state index is -0.182. The molecule has 0 aliphatic heterocycles. The first-order chi connectivity index (χ1) is 9.06. The maximum atomic E-state index is 13.7. The van der Waals surface area contributed by atoms with Crippen molar-refractivity contribution in [1.82, 2.24) is 5.32 Å². The molecular weight excluding hydrogens is 261 g/mol. The summed E-state index contributed by atoms with van der Waals surface area (Å²) in [6, 6.07) is 13.1. The lowest BCUT2D eigenvalue weighted by Gasteiger charge is -2.11. The Bertz CT molecular complexity index is 566. The molecule has 1 N–H and O–H groups in total. The van der Waals surface area contributed by atoms with Crippen LogP contribution >= 0.6 is 11.6 Å². The fourth-order valence-electron chi connectivity index (χ4n) is 1.87. The molecule has 2 aromatic rings. The number of halogens is 2. The summed E-state index contributed by atoms with van der Waals surface area (Å²) >= 11 is 5.98. The molecule has 0 aromatic heterocycles. The molecule has 0 fully saturated rings. The van der Waals surface area contributed by atoms with E-state index in [1.165, 1.54) is 6.07 Å². The first-order valence-corrected chi connectivity index (χ1v) is 6.72. The molecule has 0 bridgehead atoms. The number of hydrogen-bond donors (Lipinski definition) is 1. The number of hydrogen-bond acceptors (Lipinski definition) is 1. The number of benzene rings is 2. The molecular formula is C16H17ClFN. The molecule has 0 saturated heterocycles. The van der Waals surface area contributed by atoms with Crippen LogP contribution in [0.2, 0.25) is 5.02 Å². The van der Waals surface area contributed by atoms with Crippen LogP contribution in [0, 0.1) is 5.82 Å². The summed E-state index contributed by atoms with van der Waals surface area (Å²) in [4.78, 5) is 0. The molecule has 2 rings (SSSR count). The smallest absolute Gasteiger partial charge is 0.127 e. The van der Waals surface area contributed by atoms with E-state index < -0.39 is 0 Å². The normalized spacial score (nSPS) is 11.0. The Morgan fingerprint density at radius 2 is 1.84 bits per heavy atom. The van der Waals surface area contributed by atoms with Gasteiger partial charge in [-0.2, -0.15) is 0 Å². The third-order valence-corrected chi connectivity index (χ3v) is 3.14. The van der Waals surface area contributed by atoms with Crippen molar-refractivity contribution in [2.24, 2.45) is 0 Å². The highest BCUT2D eigenvalue weighted by Gasteiger charge is 2.06. The molecule has 100 valence electrons. The second kappa shape index (κ2) is 6.18. The van der Waals surface area contributed by atoms with Gasteiger partial charge in [0.2, 0.25) is 0 Å². The van der Waals surface area contributed by atoms with E-state index in [9.17, 15) is 4.39 Å². The van der Waals surface area contributed by atoms with E-state index in [0.29, 0.717) is 23.2 Å². The number of rotatable bonds is 4.